The summed E-state index contributed by atoms with van der Waals surface area (Å²) in [5.74, 6) is -0.905. The Labute approximate surface area is 170 Å². The minimum Gasteiger partial charge on any atom is -0.406 e. The number of carbonyl (C=O) groups excluding carboxylic acids is 1. The van der Waals surface area contributed by atoms with E-state index in [0.717, 1.165) is 35.6 Å². The highest BCUT2D eigenvalue weighted by Crippen LogP contribution is 2.34. The quantitative estimate of drug-likeness (QED) is 0.471. The Morgan fingerprint density at radius 2 is 1.67 bits per heavy atom. The predicted octanol–water partition coefficient (Wildman–Crippen LogP) is 6.26. The van der Waals surface area contributed by atoms with Crippen molar-refractivity contribution < 1.29 is 35.9 Å². The second-order valence-corrected chi connectivity index (χ2v) is 7.20. The molecule has 0 aliphatic heterocycles. The maximum Gasteiger partial charge on any atom is 0.573 e. The van der Waals surface area contributed by atoms with E-state index in [0.29, 0.717) is 16.0 Å². The van der Waals surface area contributed by atoms with E-state index in [2.05, 4.69) is 10.1 Å². The molecule has 0 atom stereocenters. The zero-order valence-electron chi connectivity index (χ0n) is 15.0. The summed E-state index contributed by atoms with van der Waals surface area (Å²) in [5, 5.41) is 2.56. The van der Waals surface area contributed by atoms with E-state index >= 15 is 0 Å². The molecule has 0 spiro atoms. The van der Waals surface area contributed by atoms with Crippen LogP contribution in [0.15, 0.2) is 60.7 Å². The lowest BCUT2D eigenvalue weighted by Gasteiger charge is -2.10. The number of rotatable bonds is 5. The fourth-order valence-corrected chi connectivity index (χ4v) is 3.50. The number of alkyl halides is 6. The summed E-state index contributed by atoms with van der Waals surface area (Å²) in [4.78, 5) is 13.0. The van der Waals surface area contributed by atoms with Crippen molar-refractivity contribution in [1.29, 1.82) is 0 Å². The molecule has 1 N–H and O–H groups in total. The average Bonchev–Trinajstić information content (AvgIpc) is 3.15. The summed E-state index contributed by atoms with van der Waals surface area (Å²) in [6.45, 7) is -0.0509. The topological polar surface area (TPSA) is 38.3 Å². The van der Waals surface area contributed by atoms with Crippen LogP contribution in [0.25, 0.3) is 10.4 Å². The van der Waals surface area contributed by atoms with E-state index in [1.165, 1.54) is 36.4 Å². The number of amides is 1. The summed E-state index contributed by atoms with van der Waals surface area (Å²) in [6, 6.07) is 12.9. The third kappa shape index (κ3) is 5.76. The normalized spacial score (nSPS) is 11.9. The zero-order valence-corrected chi connectivity index (χ0v) is 15.8. The van der Waals surface area contributed by atoms with Gasteiger partial charge >= 0.3 is 12.5 Å². The number of hydrogen-bond acceptors (Lipinski definition) is 3. The fourth-order valence-electron chi connectivity index (χ4n) is 2.59. The van der Waals surface area contributed by atoms with Gasteiger partial charge in [0.25, 0.3) is 5.91 Å². The Kier molecular flexibility index (Phi) is 6.06. The molecule has 3 rings (SSSR count). The fraction of sp³-hybridized carbons (Fsp3) is 0.150. The molecule has 3 aromatic rings. The summed E-state index contributed by atoms with van der Waals surface area (Å²) in [5.41, 5.74) is -0.0778. The molecule has 0 unspecified atom stereocenters. The van der Waals surface area contributed by atoms with Gasteiger partial charge in [-0.2, -0.15) is 13.2 Å². The lowest BCUT2D eigenvalue weighted by molar-refractivity contribution is -0.274. The van der Waals surface area contributed by atoms with E-state index in [1.807, 2.05) is 0 Å². The number of hydrogen-bond donors (Lipinski definition) is 1. The standard InChI is InChI=1S/C20H13F6NO2S/c21-19(22,23)14-5-2-4-13(10-14)16-7-8-17(30-16)18(28)27-11-12-3-1-6-15(9-12)29-20(24,25)26/h1-10H,11H2,(H,27,28). The number of nitrogens with one attached hydrogen (secondary N) is 1. The van der Waals surface area contributed by atoms with Gasteiger partial charge in [-0.05, 0) is 47.5 Å². The summed E-state index contributed by atoms with van der Waals surface area (Å²) in [7, 11) is 0. The summed E-state index contributed by atoms with van der Waals surface area (Å²) >= 11 is 1.01. The van der Waals surface area contributed by atoms with Crippen molar-refractivity contribution in [3.8, 4) is 16.2 Å². The highest BCUT2D eigenvalue weighted by Gasteiger charge is 2.31. The van der Waals surface area contributed by atoms with Crippen LogP contribution in [-0.2, 0) is 12.7 Å². The molecule has 10 heteroatoms. The first kappa shape index (κ1) is 21.7. The molecule has 30 heavy (non-hydrogen) atoms. The minimum atomic E-state index is -4.82. The summed E-state index contributed by atoms with van der Waals surface area (Å²) in [6.07, 6.45) is -9.30. The molecule has 0 bridgehead atoms. The highest BCUT2D eigenvalue weighted by atomic mass is 32.1. The maximum absolute atomic E-state index is 12.9. The minimum absolute atomic E-state index is 0.0509. The van der Waals surface area contributed by atoms with Gasteiger partial charge in [0, 0.05) is 11.4 Å². The van der Waals surface area contributed by atoms with E-state index in [1.54, 1.807) is 0 Å². The van der Waals surface area contributed by atoms with Crippen LogP contribution in [0.4, 0.5) is 26.3 Å². The molecule has 3 nitrogen and oxygen atoms in total. The van der Waals surface area contributed by atoms with Crippen LogP contribution < -0.4 is 10.1 Å². The van der Waals surface area contributed by atoms with Gasteiger partial charge < -0.3 is 10.1 Å². The van der Waals surface area contributed by atoms with Crippen LogP contribution in [0.1, 0.15) is 20.8 Å². The van der Waals surface area contributed by atoms with Crippen molar-refractivity contribution in [3.63, 3.8) is 0 Å². The Balaban J connectivity index is 1.67. The molecule has 1 heterocycles. The predicted molar refractivity (Wildman–Crippen MR) is 99.1 cm³/mol. The number of carbonyl (C=O) groups is 1. The molecule has 0 radical (unpaired) electrons. The number of ether oxygens (including phenoxy) is 1. The maximum atomic E-state index is 12.9. The van der Waals surface area contributed by atoms with Crippen LogP contribution in [0, 0.1) is 0 Å². The zero-order chi connectivity index (χ0) is 21.9. The first-order valence-corrected chi connectivity index (χ1v) is 9.23. The number of thiophene rings is 1. The molecular weight excluding hydrogens is 432 g/mol. The van der Waals surface area contributed by atoms with Gasteiger partial charge in [0.1, 0.15) is 5.75 Å². The third-order valence-electron chi connectivity index (χ3n) is 3.89. The molecule has 0 saturated heterocycles. The van der Waals surface area contributed by atoms with Gasteiger partial charge in [0.05, 0.1) is 10.4 Å². The van der Waals surface area contributed by atoms with Crippen molar-refractivity contribution in [1.82, 2.24) is 5.32 Å². The lowest BCUT2D eigenvalue weighted by Crippen LogP contribution is -2.22. The van der Waals surface area contributed by atoms with Crippen LogP contribution in [0.2, 0.25) is 0 Å². The van der Waals surface area contributed by atoms with Crippen molar-refractivity contribution in [2.75, 3.05) is 0 Å². The number of halogens is 6. The Morgan fingerprint density at radius 1 is 0.933 bits per heavy atom. The van der Waals surface area contributed by atoms with E-state index in [9.17, 15) is 31.1 Å². The SMILES string of the molecule is O=C(NCc1cccc(OC(F)(F)F)c1)c1ccc(-c2cccc(C(F)(F)F)c2)s1. The average molecular weight is 445 g/mol. The monoisotopic (exact) mass is 445 g/mol. The van der Waals surface area contributed by atoms with Gasteiger partial charge in [-0.25, -0.2) is 0 Å². The van der Waals surface area contributed by atoms with Crippen LogP contribution >= 0.6 is 11.3 Å². The summed E-state index contributed by atoms with van der Waals surface area (Å²) < 4.78 is 79.3. The van der Waals surface area contributed by atoms with E-state index in [4.69, 9.17) is 0 Å². The molecular formula is C20H13F6NO2S. The van der Waals surface area contributed by atoms with Gasteiger partial charge in [-0.3, -0.25) is 4.79 Å². The van der Waals surface area contributed by atoms with Gasteiger partial charge in [0.15, 0.2) is 0 Å². The van der Waals surface area contributed by atoms with Crippen molar-refractivity contribution in [2.24, 2.45) is 0 Å². The van der Waals surface area contributed by atoms with Crippen molar-refractivity contribution in [3.05, 3.63) is 76.7 Å². The molecule has 0 fully saturated rings. The van der Waals surface area contributed by atoms with Crippen molar-refractivity contribution >= 4 is 17.2 Å². The molecule has 2 aromatic carbocycles. The van der Waals surface area contributed by atoms with Crippen molar-refractivity contribution in [2.45, 2.75) is 19.1 Å². The van der Waals surface area contributed by atoms with Gasteiger partial charge in [0.2, 0.25) is 0 Å². The second-order valence-electron chi connectivity index (χ2n) is 6.12. The van der Waals surface area contributed by atoms with Crippen LogP contribution in [0.5, 0.6) is 5.75 Å². The van der Waals surface area contributed by atoms with E-state index in [-0.39, 0.29) is 11.4 Å². The third-order valence-corrected chi connectivity index (χ3v) is 5.02. The Hall–Kier alpha value is -3.01. The van der Waals surface area contributed by atoms with Gasteiger partial charge in [-0.1, -0.05) is 24.3 Å². The largest absolute Gasteiger partial charge is 0.573 e. The van der Waals surface area contributed by atoms with E-state index < -0.39 is 29.8 Å². The molecule has 0 aliphatic carbocycles. The molecule has 1 aromatic heterocycles. The molecule has 1 amide bonds. The second kappa shape index (κ2) is 8.39. The number of benzene rings is 2. The van der Waals surface area contributed by atoms with Crippen LogP contribution in [0.3, 0.4) is 0 Å². The van der Waals surface area contributed by atoms with Gasteiger partial charge in [-0.15, -0.1) is 24.5 Å². The highest BCUT2D eigenvalue weighted by molar-refractivity contribution is 7.17. The first-order chi connectivity index (χ1) is 14.0. The Morgan fingerprint density at radius 3 is 2.37 bits per heavy atom. The Bertz CT molecular complexity index is 1040. The molecule has 0 saturated carbocycles. The first-order valence-electron chi connectivity index (χ1n) is 8.42. The lowest BCUT2D eigenvalue weighted by atomic mass is 10.1. The molecule has 158 valence electrons. The molecule has 0 aliphatic rings. The smallest absolute Gasteiger partial charge is 0.406 e. The van der Waals surface area contributed by atoms with Crippen LogP contribution in [-0.4, -0.2) is 12.3 Å².